The van der Waals surface area contributed by atoms with Crippen molar-refractivity contribution in [2.75, 3.05) is 26.2 Å². The summed E-state index contributed by atoms with van der Waals surface area (Å²) in [5, 5.41) is 3.85. The Hall–Kier alpha value is -2.01. The molecule has 2 heterocycles. The van der Waals surface area contributed by atoms with Gasteiger partial charge in [0.1, 0.15) is 5.82 Å². The van der Waals surface area contributed by atoms with E-state index < -0.39 is 0 Å². The van der Waals surface area contributed by atoms with Crippen molar-refractivity contribution in [2.45, 2.75) is 0 Å². The maximum absolute atomic E-state index is 13.2. The zero-order valence-electron chi connectivity index (χ0n) is 10.4. The molecule has 0 bridgehead atoms. The summed E-state index contributed by atoms with van der Waals surface area (Å²) in [6, 6.07) is 6.09. The van der Waals surface area contributed by atoms with Crippen LogP contribution in [0, 0.1) is 5.82 Å². The second-order valence-corrected chi connectivity index (χ2v) is 4.60. The van der Waals surface area contributed by atoms with Crippen LogP contribution < -0.4 is 5.32 Å². The largest absolute Gasteiger partial charge is 0.336 e. The molecule has 19 heavy (non-hydrogen) atoms. The van der Waals surface area contributed by atoms with Gasteiger partial charge in [0.2, 0.25) is 0 Å². The average Bonchev–Trinajstić information content (AvgIpc) is 2.46. The van der Waals surface area contributed by atoms with Crippen LogP contribution in [0.5, 0.6) is 0 Å². The lowest BCUT2D eigenvalue weighted by Gasteiger charge is -2.27. The molecule has 2 aromatic rings. The second-order valence-electron chi connectivity index (χ2n) is 4.60. The van der Waals surface area contributed by atoms with E-state index in [9.17, 15) is 9.18 Å². The normalized spacial score (nSPS) is 15.7. The van der Waals surface area contributed by atoms with Crippen molar-refractivity contribution in [3.05, 3.63) is 41.8 Å². The fraction of sp³-hybridized carbons (Fsp3) is 0.286. The highest BCUT2D eigenvalue weighted by Crippen LogP contribution is 2.16. The van der Waals surface area contributed by atoms with Crippen LogP contribution in [0.15, 0.2) is 30.5 Å². The maximum atomic E-state index is 13.2. The van der Waals surface area contributed by atoms with Crippen LogP contribution in [0.4, 0.5) is 4.39 Å². The fourth-order valence-electron chi connectivity index (χ4n) is 2.27. The Morgan fingerprint density at radius 2 is 2.05 bits per heavy atom. The number of rotatable bonds is 1. The zero-order valence-corrected chi connectivity index (χ0v) is 10.4. The lowest BCUT2D eigenvalue weighted by atomic mass is 10.1. The van der Waals surface area contributed by atoms with Crippen LogP contribution in [-0.2, 0) is 0 Å². The van der Waals surface area contributed by atoms with Gasteiger partial charge in [-0.1, -0.05) is 0 Å². The number of piperazine rings is 1. The zero-order chi connectivity index (χ0) is 13.2. The lowest BCUT2D eigenvalue weighted by molar-refractivity contribution is 0.0735. The number of carbonyl (C=O) groups excluding carboxylic acids is 1. The van der Waals surface area contributed by atoms with E-state index in [0.717, 1.165) is 13.1 Å². The van der Waals surface area contributed by atoms with Gasteiger partial charge in [-0.3, -0.25) is 9.78 Å². The summed E-state index contributed by atoms with van der Waals surface area (Å²) < 4.78 is 13.2. The first-order valence-corrected chi connectivity index (χ1v) is 6.29. The Balaban J connectivity index is 1.93. The molecule has 0 radical (unpaired) electrons. The molecular formula is C14H14FN3O. The van der Waals surface area contributed by atoms with Gasteiger partial charge in [-0.25, -0.2) is 4.39 Å². The van der Waals surface area contributed by atoms with E-state index >= 15 is 0 Å². The Labute approximate surface area is 110 Å². The number of pyridine rings is 1. The summed E-state index contributed by atoms with van der Waals surface area (Å²) >= 11 is 0. The molecule has 4 nitrogen and oxygen atoms in total. The van der Waals surface area contributed by atoms with E-state index in [4.69, 9.17) is 0 Å². The number of carbonyl (C=O) groups is 1. The molecule has 0 atom stereocenters. The Morgan fingerprint density at radius 1 is 1.26 bits per heavy atom. The van der Waals surface area contributed by atoms with Gasteiger partial charge in [0.15, 0.2) is 0 Å². The molecule has 1 saturated heterocycles. The number of hydrogen-bond donors (Lipinski definition) is 1. The van der Waals surface area contributed by atoms with Crippen molar-refractivity contribution in [3.63, 3.8) is 0 Å². The SMILES string of the molecule is O=C(c1cnc2ccc(F)cc2c1)N1CCNCC1. The molecule has 0 spiro atoms. The van der Waals surface area contributed by atoms with Gasteiger partial charge in [-0.15, -0.1) is 0 Å². The average molecular weight is 259 g/mol. The van der Waals surface area contributed by atoms with Gasteiger partial charge in [0.25, 0.3) is 5.91 Å². The first kappa shape index (κ1) is 12.0. The second kappa shape index (κ2) is 4.93. The molecule has 0 saturated carbocycles. The quantitative estimate of drug-likeness (QED) is 0.842. The first-order chi connectivity index (χ1) is 9.24. The van der Waals surface area contributed by atoms with Gasteiger partial charge >= 0.3 is 0 Å². The third-order valence-corrected chi connectivity index (χ3v) is 3.29. The molecule has 3 rings (SSSR count). The fourth-order valence-corrected chi connectivity index (χ4v) is 2.27. The summed E-state index contributed by atoms with van der Waals surface area (Å²) in [5.74, 6) is -0.360. The van der Waals surface area contributed by atoms with E-state index in [1.165, 1.54) is 12.1 Å². The molecule has 1 aliphatic heterocycles. The summed E-state index contributed by atoms with van der Waals surface area (Å²) in [5.41, 5.74) is 1.21. The number of aromatic nitrogens is 1. The van der Waals surface area contributed by atoms with E-state index in [-0.39, 0.29) is 11.7 Å². The number of nitrogens with one attached hydrogen (secondary N) is 1. The minimum absolute atomic E-state index is 0.0415. The molecule has 0 aliphatic carbocycles. The van der Waals surface area contributed by atoms with Gasteiger partial charge < -0.3 is 10.2 Å². The summed E-state index contributed by atoms with van der Waals surface area (Å²) in [6.45, 7) is 3.00. The molecule has 1 aliphatic rings. The highest BCUT2D eigenvalue weighted by atomic mass is 19.1. The van der Waals surface area contributed by atoms with Crippen molar-refractivity contribution in [1.82, 2.24) is 15.2 Å². The van der Waals surface area contributed by atoms with Crippen molar-refractivity contribution < 1.29 is 9.18 Å². The van der Waals surface area contributed by atoms with Crippen LogP contribution in [0.2, 0.25) is 0 Å². The lowest BCUT2D eigenvalue weighted by Crippen LogP contribution is -2.46. The summed E-state index contributed by atoms with van der Waals surface area (Å²) in [6.07, 6.45) is 1.56. The van der Waals surface area contributed by atoms with Crippen molar-refractivity contribution in [1.29, 1.82) is 0 Å². The maximum Gasteiger partial charge on any atom is 0.255 e. The highest BCUT2D eigenvalue weighted by Gasteiger charge is 2.18. The third-order valence-electron chi connectivity index (χ3n) is 3.29. The van der Waals surface area contributed by atoms with E-state index in [0.29, 0.717) is 29.6 Å². The Bertz CT molecular complexity index is 623. The van der Waals surface area contributed by atoms with Gasteiger partial charge in [-0.2, -0.15) is 0 Å². The number of halogens is 1. The topological polar surface area (TPSA) is 45.2 Å². The van der Waals surface area contributed by atoms with Crippen LogP contribution >= 0.6 is 0 Å². The van der Waals surface area contributed by atoms with Crippen molar-refractivity contribution in [3.8, 4) is 0 Å². The number of nitrogens with zero attached hydrogens (tertiary/aromatic N) is 2. The van der Waals surface area contributed by atoms with E-state index in [1.54, 1.807) is 23.2 Å². The van der Waals surface area contributed by atoms with Gasteiger partial charge in [0.05, 0.1) is 11.1 Å². The smallest absolute Gasteiger partial charge is 0.255 e. The van der Waals surface area contributed by atoms with Crippen molar-refractivity contribution in [2.24, 2.45) is 0 Å². The van der Waals surface area contributed by atoms with Crippen LogP contribution in [-0.4, -0.2) is 42.0 Å². The highest BCUT2D eigenvalue weighted by molar-refractivity contribution is 5.97. The number of hydrogen-bond acceptors (Lipinski definition) is 3. The molecular weight excluding hydrogens is 245 g/mol. The number of benzene rings is 1. The molecule has 1 aromatic heterocycles. The minimum atomic E-state index is -0.318. The summed E-state index contributed by atoms with van der Waals surface area (Å²) in [4.78, 5) is 18.3. The number of fused-ring (bicyclic) bond motifs is 1. The van der Waals surface area contributed by atoms with E-state index in [2.05, 4.69) is 10.3 Å². The molecule has 1 aromatic carbocycles. The Kier molecular flexibility index (Phi) is 3.13. The minimum Gasteiger partial charge on any atom is -0.336 e. The third kappa shape index (κ3) is 2.42. The standard InChI is InChI=1S/C14H14FN3O/c15-12-1-2-13-10(8-12)7-11(9-17-13)14(19)18-5-3-16-4-6-18/h1-2,7-9,16H,3-6H2. The Morgan fingerprint density at radius 3 is 2.84 bits per heavy atom. The number of amides is 1. The molecule has 1 N–H and O–H groups in total. The van der Waals surface area contributed by atoms with Crippen LogP contribution in [0.1, 0.15) is 10.4 Å². The predicted molar refractivity (Wildman–Crippen MR) is 70.5 cm³/mol. The van der Waals surface area contributed by atoms with Crippen LogP contribution in [0.25, 0.3) is 10.9 Å². The van der Waals surface area contributed by atoms with Gasteiger partial charge in [-0.05, 0) is 24.3 Å². The van der Waals surface area contributed by atoms with Gasteiger partial charge in [0, 0.05) is 37.8 Å². The molecule has 1 amide bonds. The monoisotopic (exact) mass is 259 g/mol. The molecule has 1 fully saturated rings. The van der Waals surface area contributed by atoms with E-state index in [1.807, 2.05) is 0 Å². The van der Waals surface area contributed by atoms with Crippen LogP contribution in [0.3, 0.4) is 0 Å². The summed E-state index contributed by atoms with van der Waals surface area (Å²) in [7, 11) is 0. The predicted octanol–water partition coefficient (Wildman–Crippen LogP) is 1.42. The van der Waals surface area contributed by atoms with Crippen molar-refractivity contribution >= 4 is 16.8 Å². The molecule has 98 valence electrons. The first-order valence-electron chi connectivity index (χ1n) is 6.29. The molecule has 5 heteroatoms. The molecule has 0 unspecified atom stereocenters.